The van der Waals surface area contributed by atoms with Gasteiger partial charge >= 0.3 is 6.23 Å². The number of hydrogen-bond donors (Lipinski definition) is 1. The van der Waals surface area contributed by atoms with Crippen LogP contribution in [0.2, 0.25) is 0 Å². The lowest BCUT2D eigenvalue weighted by atomic mass is 10.3. The van der Waals surface area contributed by atoms with Crippen LogP contribution in [0.25, 0.3) is 0 Å². The van der Waals surface area contributed by atoms with Crippen LogP contribution in [0.1, 0.15) is 0 Å². The van der Waals surface area contributed by atoms with Crippen LogP contribution in [0.5, 0.6) is 0 Å². The third kappa shape index (κ3) is 3.58. The van der Waals surface area contributed by atoms with Gasteiger partial charge in [0.25, 0.3) is 0 Å². The monoisotopic (exact) mass is 255 g/mol. The molecule has 0 saturated carbocycles. The fraction of sp³-hybridized carbons (Fsp3) is 0.400. The number of nitrogens with one attached hydrogen (secondary N) is 1. The lowest BCUT2D eigenvalue weighted by Crippen LogP contribution is -2.43. The Morgan fingerprint density at radius 3 is 2.94 bits per heavy atom. The number of anilines is 1. The molecule has 0 aliphatic carbocycles. The fourth-order valence-corrected chi connectivity index (χ4v) is 2.18. The van der Waals surface area contributed by atoms with E-state index in [4.69, 9.17) is 4.74 Å². The number of hydrogen-bond acceptors (Lipinski definition) is 6. The maximum Gasteiger partial charge on any atom is 0.329 e. The third-order valence-corrected chi connectivity index (χ3v) is 3.23. The summed E-state index contributed by atoms with van der Waals surface area (Å²) in [4.78, 5) is 10.2. The molecule has 1 unspecified atom stereocenters. The summed E-state index contributed by atoms with van der Waals surface area (Å²) >= 11 is 1.37. The molecule has 7 heteroatoms. The van der Waals surface area contributed by atoms with E-state index in [1.807, 2.05) is 34.6 Å². The minimum absolute atomic E-state index is 0.289. The van der Waals surface area contributed by atoms with Gasteiger partial charge in [-0.2, -0.15) is 0 Å². The summed E-state index contributed by atoms with van der Waals surface area (Å²) in [5.41, 5.74) is 0.974. The Hall–Kier alpha value is -1.31. The summed E-state index contributed by atoms with van der Waals surface area (Å²) in [5.74, 6) is 0. The van der Waals surface area contributed by atoms with Gasteiger partial charge in [-0.05, 0) is 12.1 Å². The Bertz CT molecular complexity index is 376. The van der Waals surface area contributed by atoms with Gasteiger partial charge in [0.05, 0.1) is 11.5 Å². The van der Waals surface area contributed by atoms with Gasteiger partial charge in [-0.3, -0.25) is 10.1 Å². The molecular weight excluding hydrogens is 242 g/mol. The molecule has 17 heavy (non-hydrogen) atoms. The van der Waals surface area contributed by atoms with Crippen LogP contribution in [0.4, 0.5) is 5.69 Å². The normalized spacial score (nSPS) is 21.1. The minimum Gasteiger partial charge on any atom is -0.317 e. The Balaban J connectivity index is 1.81. The molecule has 1 aromatic rings. The minimum atomic E-state index is -0.922. The van der Waals surface area contributed by atoms with Gasteiger partial charge in [0.1, 0.15) is 6.54 Å². The second-order valence-electron chi connectivity index (χ2n) is 3.56. The zero-order valence-electron chi connectivity index (χ0n) is 9.11. The summed E-state index contributed by atoms with van der Waals surface area (Å²) in [6.45, 7) is 1.35. The largest absolute Gasteiger partial charge is 0.329 e. The average Bonchev–Trinajstić information content (AvgIpc) is 2.38. The maximum atomic E-state index is 10.6. The van der Waals surface area contributed by atoms with Gasteiger partial charge in [0, 0.05) is 24.4 Å². The number of benzene rings is 1. The van der Waals surface area contributed by atoms with E-state index in [9.17, 15) is 10.1 Å². The quantitative estimate of drug-likeness (QED) is 0.500. The summed E-state index contributed by atoms with van der Waals surface area (Å²) in [7, 11) is 0. The first kappa shape index (κ1) is 12.2. The first-order chi connectivity index (χ1) is 8.25. The summed E-state index contributed by atoms with van der Waals surface area (Å²) in [6, 6.07) is 9.69. The number of ether oxygens (including phenoxy) is 1. The average molecular weight is 255 g/mol. The highest BCUT2D eigenvalue weighted by atomic mass is 32.2. The highest BCUT2D eigenvalue weighted by Crippen LogP contribution is 2.18. The summed E-state index contributed by atoms with van der Waals surface area (Å²) in [5, 5.41) is 10.6. The molecule has 6 nitrogen and oxygen atoms in total. The van der Waals surface area contributed by atoms with Crippen LogP contribution in [-0.2, 0) is 4.74 Å². The molecule has 92 valence electrons. The van der Waals surface area contributed by atoms with Gasteiger partial charge in [-0.15, -0.1) is 0 Å². The first-order valence-corrected chi connectivity index (χ1v) is 6.01. The van der Waals surface area contributed by atoms with Crippen LogP contribution in [0.3, 0.4) is 0 Å². The van der Waals surface area contributed by atoms with Crippen molar-refractivity contribution < 1.29 is 9.66 Å². The molecule has 0 radical (unpaired) electrons. The molecule has 1 heterocycles. The second-order valence-corrected chi connectivity index (χ2v) is 4.46. The maximum absolute atomic E-state index is 10.6. The third-order valence-electron chi connectivity index (χ3n) is 2.31. The van der Waals surface area contributed by atoms with Crippen molar-refractivity contribution in [1.29, 1.82) is 0 Å². The van der Waals surface area contributed by atoms with E-state index in [-0.39, 0.29) is 6.54 Å². The molecule has 0 aromatic heterocycles. The van der Waals surface area contributed by atoms with E-state index in [0.29, 0.717) is 13.2 Å². The van der Waals surface area contributed by atoms with Crippen LogP contribution < -0.4 is 4.72 Å². The predicted molar refractivity (Wildman–Crippen MR) is 66.0 cm³/mol. The number of para-hydroxylation sites is 1. The molecule has 1 saturated heterocycles. The lowest BCUT2D eigenvalue weighted by Gasteiger charge is -2.27. The number of morpholine rings is 1. The van der Waals surface area contributed by atoms with E-state index in [1.165, 1.54) is 12.1 Å². The van der Waals surface area contributed by atoms with E-state index in [1.54, 1.807) is 0 Å². The summed E-state index contributed by atoms with van der Waals surface area (Å²) in [6.07, 6.45) is -0.922. The molecule has 0 bridgehead atoms. The molecule has 1 fully saturated rings. The van der Waals surface area contributed by atoms with Crippen molar-refractivity contribution in [2.75, 3.05) is 24.4 Å². The topological polar surface area (TPSA) is 67.6 Å². The van der Waals surface area contributed by atoms with Crippen LogP contribution >= 0.6 is 12.1 Å². The number of rotatable bonds is 4. The van der Waals surface area contributed by atoms with Crippen LogP contribution in [0.15, 0.2) is 30.3 Å². The van der Waals surface area contributed by atoms with Crippen molar-refractivity contribution >= 4 is 17.8 Å². The smallest absolute Gasteiger partial charge is 0.317 e. The first-order valence-electron chi connectivity index (χ1n) is 5.24. The van der Waals surface area contributed by atoms with Crippen molar-refractivity contribution in [2.45, 2.75) is 6.23 Å². The molecule has 1 N–H and O–H groups in total. The Morgan fingerprint density at radius 1 is 1.47 bits per heavy atom. The van der Waals surface area contributed by atoms with Crippen molar-refractivity contribution in [3.63, 3.8) is 0 Å². The fourth-order valence-electron chi connectivity index (χ4n) is 1.44. The molecule has 1 aliphatic rings. The van der Waals surface area contributed by atoms with E-state index >= 15 is 0 Å². The predicted octanol–water partition coefficient (Wildman–Crippen LogP) is 1.60. The van der Waals surface area contributed by atoms with Gasteiger partial charge < -0.3 is 9.46 Å². The van der Waals surface area contributed by atoms with Crippen LogP contribution in [-0.4, -0.2) is 35.2 Å². The van der Waals surface area contributed by atoms with Crippen molar-refractivity contribution in [1.82, 2.24) is 4.31 Å². The van der Waals surface area contributed by atoms with E-state index < -0.39 is 11.2 Å². The van der Waals surface area contributed by atoms with Crippen molar-refractivity contribution in [3.05, 3.63) is 40.4 Å². The van der Waals surface area contributed by atoms with Gasteiger partial charge in [0.2, 0.25) is 0 Å². The van der Waals surface area contributed by atoms with Crippen LogP contribution in [0, 0.1) is 10.1 Å². The zero-order valence-corrected chi connectivity index (χ0v) is 9.93. The van der Waals surface area contributed by atoms with Gasteiger partial charge in [-0.25, -0.2) is 4.31 Å². The molecular formula is C10H13N3O3S. The van der Waals surface area contributed by atoms with E-state index in [2.05, 4.69) is 4.72 Å². The number of nitro groups is 1. The van der Waals surface area contributed by atoms with E-state index in [0.717, 1.165) is 5.69 Å². The zero-order chi connectivity index (χ0) is 12.1. The molecule has 2 rings (SSSR count). The standard InChI is InChI=1S/C10H13N3O3S/c14-13(15)10-8-12(6-7-16-10)17-11-9-4-2-1-3-5-9/h1-5,10-11H,6-8H2. The van der Waals surface area contributed by atoms with Crippen molar-refractivity contribution in [2.24, 2.45) is 0 Å². The summed E-state index contributed by atoms with van der Waals surface area (Å²) < 4.78 is 10.1. The SMILES string of the molecule is O=[N+]([O-])C1CN(SNc2ccccc2)CCO1. The highest BCUT2D eigenvalue weighted by Gasteiger charge is 2.29. The number of nitrogens with zero attached hydrogens (tertiary/aromatic N) is 2. The Morgan fingerprint density at radius 2 is 2.24 bits per heavy atom. The Kier molecular flexibility index (Phi) is 4.18. The van der Waals surface area contributed by atoms with Crippen molar-refractivity contribution in [3.8, 4) is 0 Å². The Labute approximate surface area is 103 Å². The molecule has 1 aromatic carbocycles. The molecule has 0 amide bonds. The van der Waals surface area contributed by atoms with Gasteiger partial charge in [0.15, 0.2) is 0 Å². The molecule has 1 atom stereocenters. The lowest BCUT2D eigenvalue weighted by molar-refractivity contribution is -0.578. The molecule has 1 aliphatic heterocycles. The highest BCUT2D eigenvalue weighted by molar-refractivity contribution is 7.98. The molecule has 0 spiro atoms. The van der Waals surface area contributed by atoms with Gasteiger partial charge in [-0.1, -0.05) is 18.2 Å². The second kappa shape index (κ2) is 5.85.